The number of hydrogen-bond donors (Lipinski definition) is 2. The molecule has 0 saturated heterocycles. The third-order valence-electron chi connectivity index (χ3n) is 4.13. The highest BCUT2D eigenvalue weighted by atomic mass is 32.2. The quantitative estimate of drug-likeness (QED) is 0.595. The molecule has 3 rings (SSSR count). The predicted octanol–water partition coefficient (Wildman–Crippen LogP) is 2.08. The van der Waals surface area contributed by atoms with E-state index in [9.17, 15) is 5.11 Å². The molecule has 2 aliphatic rings. The fourth-order valence-electron chi connectivity index (χ4n) is 2.72. The Balaban J connectivity index is 1.69. The lowest BCUT2D eigenvalue weighted by Gasteiger charge is -2.33. The number of aryl methyl sites for hydroxylation is 2. The summed E-state index contributed by atoms with van der Waals surface area (Å²) in [6, 6.07) is 2.61. The van der Waals surface area contributed by atoms with E-state index in [2.05, 4.69) is 15.3 Å². The van der Waals surface area contributed by atoms with Gasteiger partial charge < -0.3 is 10.4 Å². The molecule has 0 radical (unpaired) electrons. The number of rotatable bonds is 7. The first kappa shape index (κ1) is 14.3. The largest absolute Gasteiger partial charge is 0.394 e. The Morgan fingerprint density at radius 3 is 2.40 bits per heavy atom. The summed E-state index contributed by atoms with van der Waals surface area (Å²) >= 11 is 1.67. The first-order valence-electron chi connectivity index (χ1n) is 7.45. The molecule has 1 atom stereocenters. The van der Waals surface area contributed by atoms with Crippen LogP contribution < -0.4 is 5.32 Å². The number of nitrogens with zero attached hydrogens (tertiary/aromatic N) is 2. The van der Waals surface area contributed by atoms with Gasteiger partial charge in [0, 0.05) is 23.2 Å². The van der Waals surface area contributed by atoms with E-state index in [0.29, 0.717) is 12.0 Å². The van der Waals surface area contributed by atoms with Crippen LogP contribution in [0.3, 0.4) is 0 Å². The Morgan fingerprint density at radius 2 is 1.90 bits per heavy atom. The summed E-state index contributed by atoms with van der Waals surface area (Å²) in [7, 11) is 0. The molecule has 1 heterocycles. The topological polar surface area (TPSA) is 58.0 Å². The van der Waals surface area contributed by atoms with Crippen molar-refractivity contribution < 1.29 is 5.11 Å². The molecule has 1 aromatic rings. The summed E-state index contributed by atoms with van der Waals surface area (Å²) in [6.07, 6.45) is 4.96. The fraction of sp³-hybridized carbons (Fsp3) is 0.733. The van der Waals surface area contributed by atoms with Gasteiger partial charge in [0.05, 0.1) is 12.1 Å². The summed E-state index contributed by atoms with van der Waals surface area (Å²) in [5, 5.41) is 14.5. The van der Waals surface area contributed by atoms with Crippen molar-refractivity contribution >= 4 is 11.8 Å². The maximum atomic E-state index is 9.93. The van der Waals surface area contributed by atoms with Gasteiger partial charge in [0.15, 0.2) is 5.16 Å². The van der Waals surface area contributed by atoms with Crippen molar-refractivity contribution in [2.75, 3.05) is 12.4 Å². The minimum Gasteiger partial charge on any atom is -0.394 e. The third kappa shape index (κ3) is 3.32. The van der Waals surface area contributed by atoms with Crippen molar-refractivity contribution in [1.82, 2.24) is 15.3 Å². The second kappa shape index (κ2) is 5.62. The van der Waals surface area contributed by atoms with Crippen molar-refractivity contribution in [3.8, 4) is 0 Å². The molecule has 1 unspecified atom stereocenters. The maximum absolute atomic E-state index is 9.93. The molecular weight excluding hydrogens is 270 g/mol. The van der Waals surface area contributed by atoms with E-state index in [1.54, 1.807) is 11.8 Å². The zero-order valence-corrected chi connectivity index (χ0v) is 13.0. The van der Waals surface area contributed by atoms with E-state index in [0.717, 1.165) is 22.3 Å². The van der Waals surface area contributed by atoms with E-state index >= 15 is 0 Å². The van der Waals surface area contributed by atoms with Gasteiger partial charge >= 0.3 is 0 Å². The molecule has 0 amide bonds. The Labute approximate surface area is 124 Å². The normalized spacial score (nSPS) is 21.8. The minimum absolute atomic E-state index is 0.132. The molecule has 2 aliphatic carbocycles. The van der Waals surface area contributed by atoms with E-state index < -0.39 is 0 Å². The smallest absolute Gasteiger partial charge is 0.188 e. The van der Waals surface area contributed by atoms with Gasteiger partial charge in [0.1, 0.15) is 0 Å². The Hall–Kier alpha value is -0.650. The highest BCUT2D eigenvalue weighted by Crippen LogP contribution is 2.43. The standard InChI is InChI=1S/C15H23N3OS/c1-10-7-11(2)17-14(16-10)20-9-15(8-19,12-3-4-12)18-13-5-6-13/h7,12-13,18-19H,3-6,8-9H2,1-2H3. The number of aliphatic hydroxyl groups excluding tert-OH is 1. The molecule has 0 spiro atoms. The van der Waals surface area contributed by atoms with Crippen molar-refractivity contribution in [2.24, 2.45) is 5.92 Å². The summed E-state index contributed by atoms with van der Waals surface area (Å²) < 4.78 is 0. The van der Waals surface area contributed by atoms with Crippen LogP contribution in [0.1, 0.15) is 37.1 Å². The molecular formula is C15H23N3OS. The van der Waals surface area contributed by atoms with Crippen LogP contribution in [0, 0.1) is 19.8 Å². The van der Waals surface area contributed by atoms with E-state index in [-0.39, 0.29) is 12.1 Å². The zero-order valence-electron chi connectivity index (χ0n) is 12.2. The summed E-state index contributed by atoms with van der Waals surface area (Å²) in [5.74, 6) is 1.47. The van der Waals surface area contributed by atoms with Crippen molar-refractivity contribution in [3.63, 3.8) is 0 Å². The molecule has 4 nitrogen and oxygen atoms in total. The average molecular weight is 293 g/mol. The molecule has 0 aliphatic heterocycles. The third-order valence-corrected chi connectivity index (χ3v) is 5.23. The van der Waals surface area contributed by atoms with Crippen molar-refractivity contribution in [1.29, 1.82) is 0 Å². The molecule has 0 aromatic carbocycles. The molecule has 2 saturated carbocycles. The predicted molar refractivity (Wildman–Crippen MR) is 80.9 cm³/mol. The number of thioether (sulfide) groups is 1. The molecule has 1 aromatic heterocycles. The Bertz CT molecular complexity index is 468. The Morgan fingerprint density at radius 1 is 1.25 bits per heavy atom. The zero-order chi connectivity index (χ0) is 14.2. The monoisotopic (exact) mass is 293 g/mol. The number of hydrogen-bond acceptors (Lipinski definition) is 5. The van der Waals surface area contributed by atoms with Crippen LogP contribution in [0.4, 0.5) is 0 Å². The average Bonchev–Trinajstić information content (AvgIpc) is 3.25. The highest BCUT2D eigenvalue weighted by molar-refractivity contribution is 7.99. The number of nitrogens with one attached hydrogen (secondary N) is 1. The van der Waals surface area contributed by atoms with Crippen LogP contribution in [0.5, 0.6) is 0 Å². The van der Waals surface area contributed by atoms with Crippen molar-refractivity contribution in [3.05, 3.63) is 17.5 Å². The van der Waals surface area contributed by atoms with Gasteiger partial charge in [-0.1, -0.05) is 11.8 Å². The maximum Gasteiger partial charge on any atom is 0.188 e. The van der Waals surface area contributed by atoms with Gasteiger partial charge in [0.2, 0.25) is 0 Å². The SMILES string of the molecule is Cc1cc(C)nc(SCC(CO)(NC2CC2)C2CC2)n1. The van der Waals surface area contributed by atoms with Crippen LogP contribution in [0.25, 0.3) is 0 Å². The lowest BCUT2D eigenvalue weighted by molar-refractivity contribution is 0.157. The molecule has 5 heteroatoms. The molecule has 20 heavy (non-hydrogen) atoms. The molecule has 2 N–H and O–H groups in total. The molecule has 2 fully saturated rings. The first-order chi connectivity index (χ1) is 9.61. The first-order valence-corrected chi connectivity index (χ1v) is 8.43. The summed E-state index contributed by atoms with van der Waals surface area (Å²) in [4.78, 5) is 8.98. The minimum atomic E-state index is -0.132. The van der Waals surface area contributed by atoms with Crippen LogP contribution >= 0.6 is 11.8 Å². The fourth-order valence-corrected chi connectivity index (χ4v) is 3.93. The van der Waals surface area contributed by atoms with Gasteiger partial charge in [-0.25, -0.2) is 9.97 Å². The van der Waals surface area contributed by atoms with Crippen LogP contribution in [0.15, 0.2) is 11.2 Å². The second-order valence-corrected chi connectivity index (χ2v) is 7.17. The number of aliphatic hydroxyl groups is 1. The summed E-state index contributed by atoms with van der Waals surface area (Å²) in [5.41, 5.74) is 1.89. The van der Waals surface area contributed by atoms with Gasteiger partial charge in [0.25, 0.3) is 0 Å². The van der Waals surface area contributed by atoms with Gasteiger partial charge in [-0.15, -0.1) is 0 Å². The number of aromatic nitrogens is 2. The van der Waals surface area contributed by atoms with E-state index in [1.165, 1.54) is 25.7 Å². The van der Waals surface area contributed by atoms with Crippen molar-refractivity contribution in [2.45, 2.75) is 56.3 Å². The van der Waals surface area contributed by atoms with Gasteiger partial charge in [-0.05, 0) is 51.5 Å². The Kier molecular flexibility index (Phi) is 4.02. The van der Waals surface area contributed by atoms with Crippen LogP contribution in [0.2, 0.25) is 0 Å². The lowest BCUT2D eigenvalue weighted by Crippen LogP contribution is -2.53. The highest BCUT2D eigenvalue weighted by Gasteiger charge is 2.47. The summed E-state index contributed by atoms with van der Waals surface area (Å²) in [6.45, 7) is 4.22. The van der Waals surface area contributed by atoms with Gasteiger partial charge in [-0.2, -0.15) is 0 Å². The van der Waals surface area contributed by atoms with E-state index in [1.807, 2.05) is 19.9 Å². The van der Waals surface area contributed by atoms with E-state index in [4.69, 9.17) is 0 Å². The van der Waals surface area contributed by atoms with Crippen LogP contribution in [-0.4, -0.2) is 39.0 Å². The molecule has 0 bridgehead atoms. The second-order valence-electron chi connectivity index (χ2n) is 6.23. The van der Waals surface area contributed by atoms with Crippen LogP contribution in [-0.2, 0) is 0 Å². The van der Waals surface area contributed by atoms with Gasteiger partial charge in [-0.3, -0.25) is 0 Å². The molecule has 110 valence electrons. The lowest BCUT2D eigenvalue weighted by atomic mass is 9.96.